The fraction of sp³-hybridized carbons (Fsp3) is 0.273. The molecule has 0 aliphatic carbocycles. The molecular formula is C11H10F3NO. The van der Waals surface area contributed by atoms with E-state index in [1.165, 1.54) is 24.3 Å². The predicted molar refractivity (Wildman–Crippen MR) is 53.5 cm³/mol. The Balaban J connectivity index is 2.72. The van der Waals surface area contributed by atoms with Gasteiger partial charge in [-0.3, -0.25) is 0 Å². The van der Waals surface area contributed by atoms with Gasteiger partial charge in [-0.1, -0.05) is 12.1 Å². The molecule has 0 saturated carbocycles. The number of ether oxygens (including phenoxy) is 1. The molecule has 0 radical (unpaired) electrons. The second-order valence-corrected chi connectivity index (χ2v) is 3.13. The molecule has 0 aliphatic rings. The van der Waals surface area contributed by atoms with Gasteiger partial charge in [0.25, 0.3) is 0 Å². The lowest BCUT2D eigenvalue weighted by atomic mass is 10.1. The molecule has 86 valence electrons. The zero-order chi connectivity index (χ0) is 12.2. The van der Waals surface area contributed by atoms with Crippen molar-refractivity contribution in [1.29, 1.82) is 0 Å². The van der Waals surface area contributed by atoms with Gasteiger partial charge < -0.3 is 10.5 Å². The van der Waals surface area contributed by atoms with Crippen LogP contribution in [0.15, 0.2) is 24.3 Å². The van der Waals surface area contributed by atoms with Crippen LogP contribution in [-0.4, -0.2) is 6.36 Å². The Morgan fingerprint density at radius 2 is 1.88 bits per heavy atom. The molecule has 1 rings (SSSR count). The molecule has 0 aromatic heterocycles. The minimum Gasteiger partial charge on any atom is -0.406 e. The lowest BCUT2D eigenvalue weighted by Crippen LogP contribution is -2.17. The van der Waals surface area contributed by atoms with Crippen molar-refractivity contribution in [3.05, 3.63) is 29.8 Å². The summed E-state index contributed by atoms with van der Waals surface area (Å²) in [7, 11) is 0. The number of benzene rings is 1. The van der Waals surface area contributed by atoms with Gasteiger partial charge in [0.05, 0.1) is 0 Å². The lowest BCUT2D eigenvalue weighted by molar-refractivity contribution is -0.274. The highest BCUT2D eigenvalue weighted by atomic mass is 19.4. The summed E-state index contributed by atoms with van der Waals surface area (Å²) < 4.78 is 39.3. The van der Waals surface area contributed by atoms with E-state index >= 15 is 0 Å². The largest absolute Gasteiger partial charge is 0.573 e. The van der Waals surface area contributed by atoms with Gasteiger partial charge in [-0.25, -0.2) is 0 Å². The number of terminal acetylenes is 1. The highest BCUT2D eigenvalue weighted by molar-refractivity contribution is 5.29. The molecule has 5 heteroatoms. The highest BCUT2D eigenvalue weighted by Gasteiger charge is 2.30. The Bertz CT molecular complexity index is 378. The van der Waals surface area contributed by atoms with E-state index in [1.807, 2.05) is 0 Å². The second-order valence-electron chi connectivity index (χ2n) is 3.13. The van der Waals surface area contributed by atoms with Crippen molar-refractivity contribution in [2.24, 2.45) is 5.73 Å². The average Bonchev–Trinajstić information content (AvgIpc) is 2.16. The van der Waals surface area contributed by atoms with E-state index in [-0.39, 0.29) is 11.8 Å². The second kappa shape index (κ2) is 4.90. The summed E-state index contributed by atoms with van der Waals surface area (Å²) in [5.41, 5.74) is 6.35. The maximum Gasteiger partial charge on any atom is 0.573 e. The van der Waals surface area contributed by atoms with E-state index < -0.39 is 6.36 Å². The summed E-state index contributed by atoms with van der Waals surface area (Å²) >= 11 is 0. The standard InChI is InChI=1S/C11H10F3NO/c1-2-3-10(15)8-4-6-9(7-5-8)16-11(12,13)14/h1,4-7,10H,3,15H2. The van der Waals surface area contributed by atoms with E-state index in [1.54, 1.807) is 0 Å². The van der Waals surface area contributed by atoms with E-state index in [2.05, 4.69) is 10.7 Å². The van der Waals surface area contributed by atoms with Crippen LogP contribution in [0.25, 0.3) is 0 Å². The molecule has 1 atom stereocenters. The van der Waals surface area contributed by atoms with Crippen LogP contribution in [-0.2, 0) is 0 Å². The van der Waals surface area contributed by atoms with Crippen molar-refractivity contribution in [2.75, 3.05) is 0 Å². The fourth-order valence-corrected chi connectivity index (χ4v) is 1.16. The summed E-state index contributed by atoms with van der Waals surface area (Å²) in [6, 6.07) is 4.97. The summed E-state index contributed by atoms with van der Waals surface area (Å²) in [5.74, 6) is 2.11. The third-order valence-electron chi connectivity index (χ3n) is 1.88. The van der Waals surface area contributed by atoms with E-state index in [0.717, 1.165) is 0 Å². The van der Waals surface area contributed by atoms with Crippen LogP contribution in [0.1, 0.15) is 18.0 Å². The van der Waals surface area contributed by atoms with E-state index in [4.69, 9.17) is 12.2 Å². The minimum absolute atomic E-state index is 0.274. The zero-order valence-electron chi connectivity index (χ0n) is 8.29. The van der Waals surface area contributed by atoms with Gasteiger partial charge in [0.1, 0.15) is 5.75 Å². The van der Waals surface area contributed by atoms with Crippen molar-refractivity contribution < 1.29 is 17.9 Å². The van der Waals surface area contributed by atoms with Crippen molar-refractivity contribution in [3.63, 3.8) is 0 Å². The Morgan fingerprint density at radius 1 is 1.31 bits per heavy atom. The molecule has 0 fully saturated rings. The molecule has 0 heterocycles. The summed E-state index contributed by atoms with van der Waals surface area (Å²) in [4.78, 5) is 0. The first-order valence-corrected chi connectivity index (χ1v) is 4.47. The summed E-state index contributed by atoms with van der Waals surface area (Å²) in [6.07, 6.45) is 0.731. The van der Waals surface area contributed by atoms with Crippen LogP contribution >= 0.6 is 0 Å². The number of hydrogen-bond acceptors (Lipinski definition) is 2. The van der Waals surface area contributed by atoms with Gasteiger partial charge in [-0.05, 0) is 17.7 Å². The lowest BCUT2D eigenvalue weighted by Gasteiger charge is -2.11. The molecule has 0 amide bonds. The third-order valence-corrected chi connectivity index (χ3v) is 1.88. The third kappa shape index (κ3) is 3.83. The smallest absolute Gasteiger partial charge is 0.406 e. The monoisotopic (exact) mass is 229 g/mol. The van der Waals surface area contributed by atoms with Crippen LogP contribution in [0.5, 0.6) is 5.75 Å². The molecule has 0 bridgehead atoms. The molecule has 0 saturated heterocycles. The Kier molecular flexibility index (Phi) is 3.80. The van der Waals surface area contributed by atoms with Crippen molar-refractivity contribution >= 4 is 0 Å². The molecule has 1 aromatic rings. The Morgan fingerprint density at radius 3 is 2.31 bits per heavy atom. The summed E-state index contributed by atoms with van der Waals surface area (Å²) in [5, 5.41) is 0. The minimum atomic E-state index is -4.68. The molecule has 2 nitrogen and oxygen atoms in total. The highest BCUT2D eigenvalue weighted by Crippen LogP contribution is 2.24. The topological polar surface area (TPSA) is 35.2 Å². The molecule has 0 aliphatic heterocycles. The quantitative estimate of drug-likeness (QED) is 0.808. The Labute approximate surface area is 91.2 Å². The number of hydrogen-bond donors (Lipinski definition) is 1. The van der Waals surface area contributed by atoms with Crippen LogP contribution in [0.2, 0.25) is 0 Å². The first kappa shape index (κ1) is 12.4. The first-order valence-electron chi connectivity index (χ1n) is 4.47. The van der Waals surface area contributed by atoms with Crippen LogP contribution in [0, 0.1) is 12.3 Å². The fourth-order valence-electron chi connectivity index (χ4n) is 1.16. The van der Waals surface area contributed by atoms with Gasteiger partial charge in [0.15, 0.2) is 0 Å². The van der Waals surface area contributed by atoms with Gasteiger partial charge in [-0.15, -0.1) is 25.5 Å². The van der Waals surface area contributed by atoms with Crippen molar-refractivity contribution in [1.82, 2.24) is 0 Å². The molecule has 2 N–H and O–H groups in total. The van der Waals surface area contributed by atoms with Gasteiger partial charge >= 0.3 is 6.36 Å². The van der Waals surface area contributed by atoms with E-state index in [9.17, 15) is 13.2 Å². The van der Waals surface area contributed by atoms with Gasteiger partial charge in [-0.2, -0.15) is 0 Å². The number of nitrogens with two attached hydrogens (primary N) is 1. The molecular weight excluding hydrogens is 219 g/mol. The van der Waals surface area contributed by atoms with Crippen LogP contribution in [0.4, 0.5) is 13.2 Å². The number of rotatable bonds is 3. The molecule has 16 heavy (non-hydrogen) atoms. The zero-order valence-corrected chi connectivity index (χ0v) is 8.29. The van der Waals surface area contributed by atoms with Crippen LogP contribution < -0.4 is 10.5 Å². The summed E-state index contributed by atoms with van der Waals surface area (Å²) in [6.45, 7) is 0. The van der Waals surface area contributed by atoms with E-state index in [0.29, 0.717) is 12.0 Å². The molecule has 1 unspecified atom stereocenters. The SMILES string of the molecule is C#CCC(N)c1ccc(OC(F)(F)F)cc1. The number of halogens is 3. The maximum absolute atomic E-state index is 11.8. The van der Waals surface area contributed by atoms with Crippen LogP contribution in [0.3, 0.4) is 0 Å². The van der Waals surface area contributed by atoms with Gasteiger partial charge in [0, 0.05) is 12.5 Å². The normalized spacial score (nSPS) is 12.9. The molecule has 0 spiro atoms. The van der Waals surface area contributed by atoms with Gasteiger partial charge in [0.2, 0.25) is 0 Å². The average molecular weight is 229 g/mol. The predicted octanol–water partition coefficient (Wildman–Crippen LogP) is 2.61. The van der Waals surface area contributed by atoms with Crippen molar-refractivity contribution in [3.8, 4) is 18.1 Å². The Hall–Kier alpha value is -1.67. The molecule has 1 aromatic carbocycles. The number of alkyl halides is 3. The first-order chi connectivity index (χ1) is 7.42. The van der Waals surface area contributed by atoms with Crippen molar-refractivity contribution in [2.45, 2.75) is 18.8 Å². The maximum atomic E-state index is 11.8.